The van der Waals surface area contributed by atoms with Crippen LogP contribution in [0.4, 0.5) is 0 Å². The second-order valence-electron chi connectivity index (χ2n) is 0.492. The summed E-state index contributed by atoms with van der Waals surface area (Å²) in [7, 11) is 0. The van der Waals surface area contributed by atoms with Crippen LogP contribution in [0.3, 0.4) is 0 Å². The van der Waals surface area contributed by atoms with Crippen molar-refractivity contribution in [2.45, 2.75) is 6.92 Å². The third-order valence-electron chi connectivity index (χ3n) is 0.182. The van der Waals surface area contributed by atoms with Crippen LogP contribution in [0.2, 0.25) is 0 Å². The fraction of sp³-hybridized carbons (Fsp3) is 1.00. The Kier molecular flexibility index (Phi) is 16.0. The van der Waals surface area contributed by atoms with E-state index in [0.717, 1.165) is 0 Å². The molecule has 0 aromatic heterocycles. The molecule has 0 unspecified atom stereocenters. The van der Waals surface area contributed by atoms with Gasteiger partial charge in [0.25, 0.3) is 0 Å². The number of thiol groups is 1. The van der Waals surface area contributed by atoms with Crippen molar-refractivity contribution in [2.75, 3.05) is 6.61 Å². The van der Waals surface area contributed by atoms with Gasteiger partial charge in [-0.25, -0.2) is 4.21 Å². The summed E-state index contributed by atoms with van der Waals surface area (Å²) in [6, 6.07) is 0. The van der Waals surface area contributed by atoms with Crippen molar-refractivity contribution in [1.82, 2.24) is 0 Å². The Morgan fingerprint density at radius 3 is 2.33 bits per heavy atom. The first-order valence-electron chi connectivity index (χ1n) is 1.36. The van der Waals surface area contributed by atoms with Gasteiger partial charge >= 0.3 is 29.6 Å². The predicted molar refractivity (Wildman–Crippen MR) is 28.3 cm³/mol. The Bertz CT molecular complexity index is 32.7. The second kappa shape index (κ2) is 9.44. The molecule has 0 aromatic carbocycles. The van der Waals surface area contributed by atoms with E-state index in [1.807, 2.05) is 0 Å². The van der Waals surface area contributed by atoms with E-state index in [9.17, 15) is 4.21 Å². The topological polar surface area (TPSA) is 26.3 Å². The van der Waals surface area contributed by atoms with Crippen LogP contribution in [0, 0.1) is 0 Å². The molecule has 6 heavy (non-hydrogen) atoms. The summed E-state index contributed by atoms with van der Waals surface area (Å²) < 4.78 is 13.5. The first-order valence-corrected chi connectivity index (χ1v) is 2.09. The van der Waals surface area contributed by atoms with Crippen molar-refractivity contribution in [3.63, 3.8) is 0 Å². The molecule has 0 aliphatic rings. The van der Waals surface area contributed by atoms with Gasteiger partial charge in [0.2, 0.25) is 0 Å². The van der Waals surface area contributed by atoms with Crippen LogP contribution in [0.15, 0.2) is 0 Å². The van der Waals surface area contributed by atoms with Gasteiger partial charge in [-0.05, 0) is 6.92 Å². The van der Waals surface area contributed by atoms with Gasteiger partial charge in [-0.2, -0.15) is 0 Å². The molecule has 0 fully saturated rings. The van der Waals surface area contributed by atoms with E-state index in [1.54, 1.807) is 6.92 Å². The molecule has 0 amide bonds. The Morgan fingerprint density at radius 1 is 1.83 bits per heavy atom. The number of hydrogen-bond acceptors (Lipinski definition) is 2. The van der Waals surface area contributed by atoms with E-state index in [-0.39, 0.29) is 41.5 Å². The molecule has 0 saturated carbocycles. The van der Waals surface area contributed by atoms with Gasteiger partial charge in [-0.1, -0.05) is 0 Å². The molecular weight excluding hydrogens is 111 g/mol. The molecule has 0 aliphatic heterocycles. The molecule has 0 N–H and O–H groups in total. The van der Waals surface area contributed by atoms with E-state index in [4.69, 9.17) is 0 Å². The Morgan fingerprint density at radius 2 is 2.33 bits per heavy atom. The van der Waals surface area contributed by atoms with Gasteiger partial charge in [0.15, 0.2) is 0 Å². The molecule has 34 valence electrons. The normalized spacial score (nSPS) is 6.83. The third kappa shape index (κ3) is 8.92. The van der Waals surface area contributed by atoms with E-state index in [2.05, 4.69) is 4.18 Å². The van der Waals surface area contributed by atoms with Crippen LogP contribution in [-0.4, -0.2) is 40.4 Å². The molecule has 0 aromatic rings. The molecule has 0 bridgehead atoms. The summed E-state index contributed by atoms with van der Waals surface area (Å²) in [5.41, 5.74) is 0. The average Bonchev–Trinajstić information content (AvgIpc) is 1.41. The zero-order valence-electron chi connectivity index (χ0n) is 2.97. The molecule has 0 radical (unpaired) electrons. The van der Waals surface area contributed by atoms with Crippen molar-refractivity contribution >= 4 is 41.5 Å². The molecule has 0 rings (SSSR count). The fourth-order valence-electron chi connectivity index (χ4n) is 0.0527. The fourth-order valence-corrected chi connectivity index (χ4v) is 0.158. The third-order valence-corrected chi connectivity index (χ3v) is 0.545. The SMILES string of the molecule is CCO[SH]=O.[NaH]. The summed E-state index contributed by atoms with van der Waals surface area (Å²) in [5.74, 6) is 0. The van der Waals surface area contributed by atoms with E-state index < -0.39 is 0 Å². The molecule has 2 nitrogen and oxygen atoms in total. The van der Waals surface area contributed by atoms with Crippen molar-refractivity contribution in [3.8, 4) is 0 Å². The van der Waals surface area contributed by atoms with Crippen molar-refractivity contribution in [3.05, 3.63) is 0 Å². The number of rotatable bonds is 2. The van der Waals surface area contributed by atoms with E-state index >= 15 is 0 Å². The molecule has 4 heteroatoms. The van der Waals surface area contributed by atoms with Gasteiger partial charge in [0.05, 0.1) is 6.61 Å². The van der Waals surface area contributed by atoms with Crippen LogP contribution < -0.4 is 0 Å². The van der Waals surface area contributed by atoms with E-state index in [0.29, 0.717) is 6.61 Å². The summed E-state index contributed by atoms with van der Waals surface area (Å²) >= 11 is -0.220. The van der Waals surface area contributed by atoms with Crippen molar-refractivity contribution < 1.29 is 8.39 Å². The van der Waals surface area contributed by atoms with Crippen LogP contribution in [0.5, 0.6) is 0 Å². The minimum atomic E-state index is -0.220. The summed E-state index contributed by atoms with van der Waals surface area (Å²) in [4.78, 5) is 0. The predicted octanol–water partition coefficient (Wildman–Crippen LogP) is -0.765. The molecule has 0 heterocycles. The monoisotopic (exact) mass is 118 g/mol. The Balaban J connectivity index is 0. The van der Waals surface area contributed by atoms with Gasteiger partial charge in [0.1, 0.15) is 11.9 Å². The molecule has 0 saturated heterocycles. The minimum absolute atomic E-state index is 0. The summed E-state index contributed by atoms with van der Waals surface area (Å²) in [6.45, 7) is 2.30. The van der Waals surface area contributed by atoms with Crippen LogP contribution in [0.25, 0.3) is 0 Å². The van der Waals surface area contributed by atoms with Crippen molar-refractivity contribution in [1.29, 1.82) is 0 Å². The van der Waals surface area contributed by atoms with Crippen LogP contribution in [-0.2, 0) is 16.1 Å². The zero-order chi connectivity index (χ0) is 4.12. The first-order chi connectivity index (χ1) is 2.41. The average molecular weight is 118 g/mol. The van der Waals surface area contributed by atoms with Gasteiger partial charge in [-0.15, -0.1) is 0 Å². The maximum atomic E-state index is 9.28. The summed E-state index contributed by atoms with van der Waals surface area (Å²) in [6.07, 6.45) is 0. The molecular formula is C2H7NaO2S. The quantitative estimate of drug-likeness (QED) is 0.381. The number of hydrogen-bond donors (Lipinski definition) is 1. The molecule has 0 spiro atoms. The van der Waals surface area contributed by atoms with Gasteiger partial charge in [-0.3, -0.25) is 4.18 Å². The Hall–Kier alpha value is 1.11. The first kappa shape index (κ1) is 10.2. The van der Waals surface area contributed by atoms with Gasteiger partial charge in [0, 0.05) is 0 Å². The molecule has 0 atom stereocenters. The Labute approximate surface area is 63.2 Å². The second-order valence-corrected chi connectivity index (χ2v) is 0.900. The maximum absolute atomic E-state index is 9.28. The van der Waals surface area contributed by atoms with Gasteiger partial charge < -0.3 is 0 Å². The van der Waals surface area contributed by atoms with E-state index in [1.165, 1.54) is 0 Å². The van der Waals surface area contributed by atoms with Crippen LogP contribution >= 0.6 is 0 Å². The van der Waals surface area contributed by atoms with Crippen molar-refractivity contribution in [2.24, 2.45) is 0 Å². The molecule has 0 aliphatic carbocycles. The zero-order valence-corrected chi connectivity index (χ0v) is 3.87. The van der Waals surface area contributed by atoms with Crippen LogP contribution in [0.1, 0.15) is 6.92 Å². The summed E-state index contributed by atoms with van der Waals surface area (Å²) in [5, 5.41) is 0. The standard InChI is InChI=1S/C2H6O2S.Na.H/c1-2-4-5-3;;/h5H,2H2,1H3;;.